The molecule has 5 nitrogen and oxygen atoms in total. The lowest BCUT2D eigenvalue weighted by Crippen LogP contribution is -2.40. The van der Waals surface area contributed by atoms with Crippen molar-refractivity contribution in [3.8, 4) is 0 Å². The summed E-state index contributed by atoms with van der Waals surface area (Å²) in [5.41, 5.74) is 1.71. The molecule has 5 heteroatoms. The Hall–Kier alpha value is -1.36. The van der Waals surface area contributed by atoms with E-state index in [9.17, 15) is 4.79 Å². The van der Waals surface area contributed by atoms with E-state index in [1.165, 1.54) is 31.4 Å². The molecule has 2 heterocycles. The fourth-order valence-corrected chi connectivity index (χ4v) is 3.62. The minimum Gasteiger partial charge on any atom is -0.349 e. The number of aromatic nitrogens is 2. The van der Waals surface area contributed by atoms with E-state index in [2.05, 4.69) is 43.0 Å². The summed E-state index contributed by atoms with van der Waals surface area (Å²) in [5.74, 6) is 1.33. The van der Waals surface area contributed by atoms with Gasteiger partial charge in [0.25, 0.3) is 5.91 Å². The predicted molar refractivity (Wildman–Crippen MR) is 96.4 cm³/mol. The molecule has 1 aromatic heterocycles. The summed E-state index contributed by atoms with van der Waals surface area (Å²) in [5, 5.41) is 7.67. The summed E-state index contributed by atoms with van der Waals surface area (Å²) in [7, 11) is 0. The van der Waals surface area contributed by atoms with Crippen molar-refractivity contribution in [3.63, 3.8) is 0 Å². The van der Waals surface area contributed by atoms with Crippen molar-refractivity contribution in [2.75, 3.05) is 26.2 Å². The van der Waals surface area contributed by atoms with Crippen molar-refractivity contribution >= 4 is 5.91 Å². The smallest absolute Gasteiger partial charge is 0.271 e. The van der Waals surface area contributed by atoms with Gasteiger partial charge in [-0.2, -0.15) is 5.10 Å². The Morgan fingerprint density at radius 1 is 1.33 bits per heavy atom. The highest BCUT2D eigenvalue weighted by Gasteiger charge is 2.32. The van der Waals surface area contributed by atoms with Crippen LogP contribution in [0.2, 0.25) is 0 Å². The number of likely N-dealkylation sites (tertiary alicyclic amines) is 1. The van der Waals surface area contributed by atoms with Gasteiger partial charge in [0.2, 0.25) is 0 Å². The second kappa shape index (κ2) is 6.87. The molecular formula is C19H32N4O. The van der Waals surface area contributed by atoms with Crippen LogP contribution in [0.15, 0.2) is 6.07 Å². The van der Waals surface area contributed by atoms with Gasteiger partial charge < -0.3 is 10.2 Å². The molecule has 1 aromatic rings. The third-order valence-corrected chi connectivity index (χ3v) is 5.06. The van der Waals surface area contributed by atoms with Gasteiger partial charge in [-0.05, 0) is 65.0 Å². The largest absolute Gasteiger partial charge is 0.349 e. The van der Waals surface area contributed by atoms with Crippen molar-refractivity contribution in [1.29, 1.82) is 0 Å². The van der Waals surface area contributed by atoms with Gasteiger partial charge in [-0.25, -0.2) is 0 Å². The summed E-state index contributed by atoms with van der Waals surface area (Å²) in [4.78, 5) is 14.9. The molecule has 2 fully saturated rings. The van der Waals surface area contributed by atoms with Crippen LogP contribution in [0.5, 0.6) is 0 Å². The van der Waals surface area contributed by atoms with Gasteiger partial charge >= 0.3 is 0 Å². The van der Waals surface area contributed by atoms with Crippen LogP contribution in [0.3, 0.4) is 0 Å². The average molecular weight is 332 g/mol. The SMILES string of the molecule is CC1CCCN(CCNC(=O)c2cc(C3CC3)n(C(C)(C)C)n2)C1. The van der Waals surface area contributed by atoms with Crippen LogP contribution < -0.4 is 5.32 Å². The Kier molecular flexibility index (Phi) is 5.00. The molecule has 0 aromatic carbocycles. The van der Waals surface area contributed by atoms with Crippen molar-refractivity contribution in [2.45, 2.75) is 64.8 Å². The number of carbonyl (C=O) groups is 1. The molecule has 1 N–H and O–H groups in total. The monoisotopic (exact) mass is 332 g/mol. The number of hydrogen-bond acceptors (Lipinski definition) is 3. The predicted octanol–water partition coefficient (Wildman–Crippen LogP) is 2.98. The Morgan fingerprint density at radius 2 is 2.08 bits per heavy atom. The second-order valence-corrected chi connectivity index (χ2v) is 8.62. The van der Waals surface area contributed by atoms with E-state index in [1.54, 1.807) is 0 Å². The first-order valence-electron chi connectivity index (χ1n) is 9.45. The van der Waals surface area contributed by atoms with Crippen LogP contribution >= 0.6 is 0 Å². The number of nitrogens with zero attached hydrogens (tertiary/aromatic N) is 3. The molecule has 3 rings (SSSR count). The van der Waals surface area contributed by atoms with Crippen molar-refractivity contribution < 1.29 is 4.79 Å². The molecule has 2 aliphatic rings. The fraction of sp³-hybridized carbons (Fsp3) is 0.789. The Labute approximate surface area is 145 Å². The number of nitrogens with one attached hydrogen (secondary N) is 1. The summed E-state index contributed by atoms with van der Waals surface area (Å²) < 4.78 is 2.05. The van der Waals surface area contributed by atoms with Crippen LogP contribution in [0.25, 0.3) is 0 Å². The van der Waals surface area contributed by atoms with Crippen molar-refractivity contribution in [3.05, 3.63) is 17.5 Å². The van der Waals surface area contributed by atoms with Gasteiger partial charge in [-0.3, -0.25) is 9.48 Å². The molecule has 24 heavy (non-hydrogen) atoms. The fourth-order valence-electron chi connectivity index (χ4n) is 3.62. The van der Waals surface area contributed by atoms with Gasteiger partial charge in [-0.1, -0.05) is 6.92 Å². The lowest BCUT2D eigenvalue weighted by atomic mass is 10.0. The van der Waals surface area contributed by atoms with Crippen LogP contribution in [0.4, 0.5) is 0 Å². The van der Waals surface area contributed by atoms with Crippen LogP contribution in [0.1, 0.15) is 75.5 Å². The molecule has 1 saturated carbocycles. The first-order valence-corrected chi connectivity index (χ1v) is 9.45. The number of amides is 1. The zero-order chi connectivity index (χ0) is 17.3. The Balaban J connectivity index is 1.57. The Bertz CT molecular complexity index is 583. The van der Waals surface area contributed by atoms with E-state index < -0.39 is 0 Å². The minimum atomic E-state index is -0.0829. The molecule has 0 spiro atoms. The van der Waals surface area contributed by atoms with Crippen molar-refractivity contribution in [2.24, 2.45) is 5.92 Å². The second-order valence-electron chi connectivity index (χ2n) is 8.62. The molecule has 1 unspecified atom stereocenters. The van der Waals surface area contributed by atoms with Gasteiger partial charge in [0.05, 0.1) is 5.54 Å². The van der Waals surface area contributed by atoms with Crippen LogP contribution in [-0.2, 0) is 5.54 Å². The average Bonchev–Trinajstić information content (AvgIpc) is 3.24. The third kappa shape index (κ3) is 4.18. The highest BCUT2D eigenvalue weighted by Crippen LogP contribution is 2.41. The number of carbonyl (C=O) groups excluding carboxylic acids is 1. The number of hydrogen-bond donors (Lipinski definition) is 1. The lowest BCUT2D eigenvalue weighted by molar-refractivity contribution is 0.0937. The molecule has 1 saturated heterocycles. The maximum atomic E-state index is 12.5. The third-order valence-electron chi connectivity index (χ3n) is 5.06. The molecule has 1 amide bonds. The minimum absolute atomic E-state index is 0.0371. The van der Waals surface area contributed by atoms with Gasteiger partial charge in [0, 0.05) is 31.2 Å². The molecule has 1 atom stereocenters. The first kappa shape index (κ1) is 17.5. The molecule has 1 aliphatic carbocycles. The zero-order valence-electron chi connectivity index (χ0n) is 15.6. The first-order chi connectivity index (χ1) is 11.3. The topological polar surface area (TPSA) is 50.2 Å². The summed E-state index contributed by atoms with van der Waals surface area (Å²) >= 11 is 0. The van der Waals surface area contributed by atoms with Crippen molar-refractivity contribution in [1.82, 2.24) is 20.0 Å². The maximum Gasteiger partial charge on any atom is 0.271 e. The number of rotatable bonds is 5. The van der Waals surface area contributed by atoms with E-state index in [1.807, 2.05) is 10.7 Å². The summed E-state index contributed by atoms with van der Waals surface area (Å²) in [6, 6.07) is 2.00. The van der Waals surface area contributed by atoms with E-state index in [-0.39, 0.29) is 11.4 Å². The molecular weight excluding hydrogens is 300 g/mol. The highest BCUT2D eigenvalue weighted by molar-refractivity contribution is 5.92. The van der Waals surface area contributed by atoms with E-state index in [0.29, 0.717) is 18.2 Å². The summed E-state index contributed by atoms with van der Waals surface area (Å²) in [6.45, 7) is 12.7. The maximum absolute atomic E-state index is 12.5. The van der Waals surface area contributed by atoms with E-state index >= 15 is 0 Å². The summed E-state index contributed by atoms with van der Waals surface area (Å²) in [6.07, 6.45) is 5.04. The molecule has 0 bridgehead atoms. The normalized spacial score (nSPS) is 22.6. The van der Waals surface area contributed by atoms with E-state index in [4.69, 9.17) is 0 Å². The highest BCUT2D eigenvalue weighted by atomic mass is 16.1. The van der Waals surface area contributed by atoms with Crippen LogP contribution in [0, 0.1) is 5.92 Å². The van der Waals surface area contributed by atoms with Gasteiger partial charge in [-0.15, -0.1) is 0 Å². The zero-order valence-corrected chi connectivity index (χ0v) is 15.6. The molecule has 134 valence electrons. The van der Waals surface area contributed by atoms with Gasteiger partial charge in [0.15, 0.2) is 0 Å². The van der Waals surface area contributed by atoms with E-state index in [0.717, 1.165) is 25.6 Å². The quantitative estimate of drug-likeness (QED) is 0.902. The number of piperidine rings is 1. The van der Waals surface area contributed by atoms with Gasteiger partial charge in [0.1, 0.15) is 5.69 Å². The Morgan fingerprint density at radius 3 is 2.71 bits per heavy atom. The molecule has 0 radical (unpaired) electrons. The molecule has 1 aliphatic heterocycles. The lowest BCUT2D eigenvalue weighted by Gasteiger charge is -2.30. The standard InChI is InChI=1S/C19H32N4O/c1-14-6-5-10-22(13-14)11-9-20-18(24)16-12-17(15-7-8-15)23(21-16)19(2,3)4/h12,14-15H,5-11,13H2,1-4H3,(H,20,24). The van der Waals surface area contributed by atoms with Crippen LogP contribution in [-0.4, -0.2) is 46.8 Å².